The zero-order valence-electron chi connectivity index (χ0n) is 21.9. The zero-order chi connectivity index (χ0) is 24.7. The maximum absolute atomic E-state index is 10.6. The van der Waals surface area contributed by atoms with Gasteiger partial charge in [-0.25, -0.2) is 9.59 Å². The molecule has 2 saturated heterocycles. The second kappa shape index (κ2) is 22.0. The van der Waals surface area contributed by atoms with Crippen molar-refractivity contribution in [3.8, 4) is 0 Å². The zero-order valence-corrected chi connectivity index (χ0v) is 21.9. The fourth-order valence-electron chi connectivity index (χ4n) is 4.01. The highest BCUT2D eigenvalue weighted by Gasteiger charge is 2.25. The molecule has 2 aliphatic heterocycles. The minimum atomic E-state index is -0.573. The molecule has 200 valence electrons. The van der Waals surface area contributed by atoms with Crippen LogP contribution in [0.5, 0.6) is 0 Å². The van der Waals surface area contributed by atoms with Gasteiger partial charge < -0.3 is 23.7 Å². The molecule has 2 unspecified atom stereocenters. The molecule has 0 bridgehead atoms. The molecule has 0 aliphatic carbocycles. The lowest BCUT2D eigenvalue weighted by atomic mass is 10.1. The summed E-state index contributed by atoms with van der Waals surface area (Å²) in [4.78, 5) is 21.3. The van der Waals surface area contributed by atoms with E-state index in [9.17, 15) is 9.59 Å². The van der Waals surface area contributed by atoms with Gasteiger partial charge in [-0.3, -0.25) is 0 Å². The van der Waals surface area contributed by atoms with Crippen LogP contribution in [0.3, 0.4) is 0 Å². The number of rotatable bonds is 20. The lowest BCUT2D eigenvalue weighted by molar-refractivity contribution is 0.0443. The molecule has 0 amide bonds. The van der Waals surface area contributed by atoms with E-state index in [4.69, 9.17) is 18.9 Å². The van der Waals surface area contributed by atoms with Gasteiger partial charge in [-0.15, -0.1) is 0 Å². The summed E-state index contributed by atoms with van der Waals surface area (Å²) in [6.07, 6.45) is 20.6. The first-order valence-corrected chi connectivity index (χ1v) is 13.9. The number of cyclic esters (lactones) is 4. The van der Waals surface area contributed by atoms with Gasteiger partial charge in [0.15, 0.2) is 6.10 Å². The highest BCUT2D eigenvalue weighted by molar-refractivity contribution is 5.62. The Balaban J connectivity index is 0.000000342. The number of carbonyl (C=O) groups excluding carboxylic acids is 2. The van der Waals surface area contributed by atoms with Gasteiger partial charge >= 0.3 is 12.3 Å². The number of hydrogen-bond donors (Lipinski definition) is 0. The van der Waals surface area contributed by atoms with Crippen molar-refractivity contribution in [3.05, 3.63) is 0 Å². The van der Waals surface area contributed by atoms with E-state index >= 15 is 0 Å². The van der Waals surface area contributed by atoms with Crippen molar-refractivity contribution in [1.82, 2.24) is 0 Å². The summed E-state index contributed by atoms with van der Waals surface area (Å²) in [6.45, 7) is 6.48. The first kappa shape index (κ1) is 30.5. The van der Waals surface area contributed by atoms with E-state index in [1.807, 2.05) is 0 Å². The molecule has 0 spiro atoms. The summed E-state index contributed by atoms with van der Waals surface area (Å²) >= 11 is 0. The van der Waals surface area contributed by atoms with Crippen LogP contribution in [-0.2, 0) is 23.7 Å². The van der Waals surface area contributed by atoms with Gasteiger partial charge in [0, 0.05) is 6.61 Å². The van der Waals surface area contributed by atoms with Crippen LogP contribution in [0.25, 0.3) is 0 Å². The SMILES string of the molecule is CCCCCCCCCCC1COC(=O)O1.CCCCCCCCCCOCC1COC(=O)O1. The Hall–Kier alpha value is -1.50. The highest BCUT2D eigenvalue weighted by Crippen LogP contribution is 2.15. The summed E-state index contributed by atoms with van der Waals surface area (Å²) in [5.41, 5.74) is 0. The predicted molar refractivity (Wildman–Crippen MR) is 133 cm³/mol. The summed E-state index contributed by atoms with van der Waals surface area (Å²) in [7, 11) is 0. The third kappa shape index (κ3) is 17.9. The van der Waals surface area contributed by atoms with E-state index in [0.29, 0.717) is 19.8 Å². The third-order valence-corrected chi connectivity index (χ3v) is 6.13. The average Bonchev–Trinajstić information content (AvgIpc) is 3.44. The standard InChI is InChI=1S/C14H26O4.C13H24O3/c1-2-3-4-5-6-7-8-9-10-16-11-13-12-17-14(15)18-13;1-2-3-4-5-6-7-8-9-10-12-11-15-13(14)16-12/h13H,2-12H2,1H3;12H,2-11H2,1H3. The molecule has 0 N–H and O–H groups in total. The quantitative estimate of drug-likeness (QED) is 0.129. The van der Waals surface area contributed by atoms with E-state index in [1.165, 1.54) is 89.9 Å². The normalized spacial score (nSPS) is 19.1. The van der Waals surface area contributed by atoms with Crippen molar-refractivity contribution < 1.29 is 33.3 Å². The topological polar surface area (TPSA) is 80.3 Å². The van der Waals surface area contributed by atoms with Crippen LogP contribution in [-0.4, -0.2) is 50.9 Å². The Morgan fingerprint density at radius 2 is 1.06 bits per heavy atom. The van der Waals surface area contributed by atoms with Crippen LogP contribution in [0.2, 0.25) is 0 Å². The largest absolute Gasteiger partial charge is 0.508 e. The monoisotopic (exact) mass is 486 g/mol. The molecule has 2 aliphatic rings. The molecule has 2 rings (SSSR count). The molecule has 2 heterocycles. The Kier molecular flexibility index (Phi) is 19.8. The summed E-state index contributed by atoms with van der Waals surface area (Å²) in [5, 5.41) is 0. The van der Waals surface area contributed by atoms with Crippen LogP contribution in [0.1, 0.15) is 123 Å². The van der Waals surface area contributed by atoms with Gasteiger partial charge in [0.2, 0.25) is 0 Å². The van der Waals surface area contributed by atoms with Gasteiger partial charge in [0.05, 0.1) is 6.61 Å². The van der Waals surface area contributed by atoms with E-state index in [-0.39, 0.29) is 12.2 Å². The van der Waals surface area contributed by atoms with Crippen molar-refractivity contribution in [2.24, 2.45) is 0 Å². The van der Waals surface area contributed by atoms with Crippen LogP contribution < -0.4 is 0 Å². The van der Waals surface area contributed by atoms with E-state index in [1.54, 1.807) is 0 Å². The second-order valence-corrected chi connectivity index (χ2v) is 9.42. The van der Waals surface area contributed by atoms with E-state index < -0.39 is 12.3 Å². The molecule has 0 aromatic carbocycles. The van der Waals surface area contributed by atoms with Gasteiger partial charge in [-0.05, 0) is 19.3 Å². The minimum absolute atomic E-state index is 0.0209. The first-order chi connectivity index (χ1) is 16.7. The molecule has 0 aromatic heterocycles. The van der Waals surface area contributed by atoms with Gasteiger partial charge in [0.25, 0.3) is 0 Å². The maximum Gasteiger partial charge on any atom is 0.508 e. The summed E-state index contributed by atoms with van der Waals surface area (Å²) in [6, 6.07) is 0. The lowest BCUT2D eigenvalue weighted by Gasteiger charge is -2.07. The number of carbonyl (C=O) groups is 2. The molecule has 34 heavy (non-hydrogen) atoms. The van der Waals surface area contributed by atoms with Crippen LogP contribution in [0.4, 0.5) is 9.59 Å². The second-order valence-electron chi connectivity index (χ2n) is 9.42. The van der Waals surface area contributed by atoms with Crippen molar-refractivity contribution in [3.63, 3.8) is 0 Å². The van der Waals surface area contributed by atoms with Crippen LogP contribution in [0, 0.1) is 0 Å². The van der Waals surface area contributed by atoms with E-state index in [0.717, 1.165) is 25.9 Å². The fourth-order valence-corrected chi connectivity index (χ4v) is 4.01. The Morgan fingerprint density at radius 1 is 0.618 bits per heavy atom. The Labute approximate surface area is 207 Å². The van der Waals surface area contributed by atoms with Gasteiger partial charge in [0.1, 0.15) is 19.3 Å². The van der Waals surface area contributed by atoms with E-state index in [2.05, 4.69) is 18.6 Å². The molecule has 0 saturated carbocycles. The van der Waals surface area contributed by atoms with Crippen molar-refractivity contribution in [1.29, 1.82) is 0 Å². The number of ether oxygens (including phenoxy) is 5. The fraction of sp³-hybridized carbons (Fsp3) is 0.926. The molecule has 2 atom stereocenters. The molecular weight excluding hydrogens is 436 g/mol. The highest BCUT2D eigenvalue weighted by atomic mass is 16.8. The first-order valence-electron chi connectivity index (χ1n) is 13.9. The molecule has 0 radical (unpaired) electrons. The minimum Gasteiger partial charge on any atom is -0.430 e. The summed E-state index contributed by atoms with van der Waals surface area (Å²) < 4.78 is 24.7. The maximum atomic E-state index is 10.6. The molecule has 2 fully saturated rings. The predicted octanol–water partition coefficient (Wildman–Crippen LogP) is 7.73. The Bertz CT molecular complexity index is 497. The van der Waals surface area contributed by atoms with Crippen molar-refractivity contribution in [2.45, 2.75) is 135 Å². The van der Waals surface area contributed by atoms with Gasteiger partial charge in [-0.2, -0.15) is 0 Å². The smallest absolute Gasteiger partial charge is 0.430 e. The third-order valence-electron chi connectivity index (χ3n) is 6.13. The van der Waals surface area contributed by atoms with Crippen LogP contribution in [0.15, 0.2) is 0 Å². The van der Waals surface area contributed by atoms with Crippen molar-refractivity contribution >= 4 is 12.3 Å². The molecule has 0 aromatic rings. The number of hydrogen-bond acceptors (Lipinski definition) is 7. The van der Waals surface area contributed by atoms with Crippen molar-refractivity contribution in [2.75, 3.05) is 26.4 Å². The average molecular weight is 487 g/mol. The summed E-state index contributed by atoms with van der Waals surface area (Å²) in [5.74, 6) is 0. The Morgan fingerprint density at radius 3 is 1.53 bits per heavy atom. The van der Waals surface area contributed by atoms with Gasteiger partial charge in [-0.1, -0.05) is 104 Å². The van der Waals surface area contributed by atoms with Crippen LogP contribution >= 0.6 is 0 Å². The molecule has 7 nitrogen and oxygen atoms in total. The molecular formula is C27H50O7. The number of unbranched alkanes of at least 4 members (excludes halogenated alkanes) is 14. The lowest BCUT2D eigenvalue weighted by Crippen LogP contribution is -2.18. The molecule has 7 heteroatoms.